The Labute approximate surface area is 112 Å². The van der Waals surface area contributed by atoms with E-state index >= 15 is 0 Å². The smallest absolute Gasteiger partial charge is 0.145 e. The average molecular weight is 263 g/mol. The summed E-state index contributed by atoms with van der Waals surface area (Å²) in [5.74, 6) is 0.232. The molecule has 0 radical (unpaired) electrons. The maximum atomic E-state index is 13.2. The molecule has 0 unspecified atom stereocenters. The molecule has 102 valence electrons. The van der Waals surface area contributed by atoms with E-state index in [1.807, 2.05) is 27.1 Å². The van der Waals surface area contributed by atoms with Gasteiger partial charge in [0.05, 0.1) is 18.0 Å². The lowest BCUT2D eigenvalue weighted by Gasteiger charge is -2.12. The van der Waals surface area contributed by atoms with Crippen LogP contribution in [-0.2, 0) is 13.6 Å². The van der Waals surface area contributed by atoms with E-state index in [4.69, 9.17) is 4.74 Å². The van der Waals surface area contributed by atoms with E-state index in [0.29, 0.717) is 18.9 Å². The van der Waals surface area contributed by atoms with Crippen LogP contribution < -0.4 is 10.1 Å². The standard InChI is InChI=1S/C14H18FN3O/c1-4-19-14-7-12(15)5-6-13(14)16-8-11-9-18(3)17-10(11)2/h5-7,9,16H,4,8H2,1-3H3. The van der Waals surface area contributed by atoms with Crippen molar-refractivity contribution in [3.8, 4) is 5.75 Å². The highest BCUT2D eigenvalue weighted by atomic mass is 19.1. The van der Waals surface area contributed by atoms with E-state index in [2.05, 4.69) is 10.4 Å². The number of ether oxygens (including phenoxy) is 1. The number of rotatable bonds is 5. The minimum Gasteiger partial charge on any atom is -0.492 e. The first kappa shape index (κ1) is 13.4. The summed E-state index contributed by atoms with van der Waals surface area (Å²) in [6.07, 6.45) is 1.96. The molecule has 0 saturated carbocycles. The lowest BCUT2D eigenvalue weighted by Crippen LogP contribution is -2.03. The van der Waals surface area contributed by atoms with Gasteiger partial charge >= 0.3 is 0 Å². The molecule has 1 N–H and O–H groups in total. The van der Waals surface area contributed by atoms with Gasteiger partial charge in [0.2, 0.25) is 0 Å². The van der Waals surface area contributed by atoms with Crippen molar-refractivity contribution in [1.29, 1.82) is 0 Å². The zero-order valence-corrected chi connectivity index (χ0v) is 11.4. The molecular weight excluding hydrogens is 245 g/mol. The third kappa shape index (κ3) is 3.24. The zero-order chi connectivity index (χ0) is 13.8. The van der Waals surface area contributed by atoms with Gasteiger partial charge in [0, 0.05) is 31.4 Å². The summed E-state index contributed by atoms with van der Waals surface area (Å²) in [6.45, 7) is 4.97. The predicted octanol–water partition coefficient (Wildman–Crippen LogP) is 2.88. The highest BCUT2D eigenvalue weighted by molar-refractivity contribution is 5.56. The monoisotopic (exact) mass is 263 g/mol. The fourth-order valence-corrected chi connectivity index (χ4v) is 1.93. The highest BCUT2D eigenvalue weighted by Crippen LogP contribution is 2.26. The van der Waals surface area contributed by atoms with Gasteiger partial charge in [-0.1, -0.05) is 0 Å². The summed E-state index contributed by atoms with van der Waals surface area (Å²) in [5.41, 5.74) is 2.87. The van der Waals surface area contributed by atoms with Crippen LogP contribution in [0.4, 0.5) is 10.1 Å². The maximum absolute atomic E-state index is 13.2. The summed E-state index contributed by atoms with van der Waals surface area (Å²) in [5, 5.41) is 7.53. The van der Waals surface area contributed by atoms with Crippen molar-refractivity contribution in [2.24, 2.45) is 7.05 Å². The number of aryl methyl sites for hydroxylation is 2. The number of halogens is 1. The van der Waals surface area contributed by atoms with Crippen molar-refractivity contribution < 1.29 is 9.13 Å². The molecule has 0 fully saturated rings. The number of nitrogens with one attached hydrogen (secondary N) is 1. The normalized spacial score (nSPS) is 10.5. The summed E-state index contributed by atoms with van der Waals surface area (Å²) in [4.78, 5) is 0. The van der Waals surface area contributed by atoms with Crippen LogP contribution in [0.5, 0.6) is 5.75 Å². The molecule has 0 bridgehead atoms. The molecule has 0 aliphatic rings. The minimum absolute atomic E-state index is 0.299. The molecule has 1 heterocycles. The van der Waals surface area contributed by atoms with E-state index in [1.54, 1.807) is 10.7 Å². The highest BCUT2D eigenvalue weighted by Gasteiger charge is 2.07. The Hall–Kier alpha value is -2.04. The van der Waals surface area contributed by atoms with Crippen LogP contribution in [-0.4, -0.2) is 16.4 Å². The van der Waals surface area contributed by atoms with E-state index < -0.39 is 0 Å². The number of anilines is 1. The number of aromatic nitrogens is 2. The van der Waals surface area contributed by atoms with Gasteiger partial charge in [0.25, 0.3) is 0 Å². The average Bonchev–Trinajstić information content (AvgIpc) is 2.67. The number of benzene rings is 1. The second-order valence-corrected chi connectivity index (χ2v) is 4.34. The Bertz CT molecular complexity index is 566. The van der Waals surface area contributed by atoms with Crippen LogP contribution in [0.15, 0.2) is 24.4 Å². The van der Waals surface area contributed by atoms with Gasteiger partial charge in [-0.15, -0.1) is 0 Å². The van der Waals surface area contributed by atoms with Crippen molar-refractivity contribution in [3.63, 3.8) is 0 Å². The molecule has 19 heavy (non-hydrogen) atoms. The predicted molar refractivity (Wildman–Crippen MR) is 72.8 cm³/mol. The number of nitrogens with zero attached hydrogens (tertiary/aromatic N) is 2. The second kappa shape index (κ2) is 5.73. The van der Waals surface area contributed by atoms with Gasteiger partial charge in [0.15, 0.2) is 0 Å². The Morgan fingerprint density at radius 1 is 1.42 bits per heavy atom. The molecule has 4 nitrogen and oxygen atoms in total. The van der Waals surface area contributed by atoms with Gasteiger partial charge in [0.1, 0.15) is 11.6 Å². The molecule has 1 aromatic carbocycles. The summed E-state index contributed by atoms with van der Waals surface area (Å²) < 4.78 is 20.4. The molecule has 1 aromatic heterocycles. The Balaban J connectivity index is 2.12. The van der Waals surface area contributed by atoms with Gasteiger partial charge in [-0.3, -0.25) is 4.68 Å². The molecule has 0 aliphatic heterocycles. The fraction of sp³-hybridized carbons (Fsp3) is 0.357. The summed E-state index contributed by atoms with van der Waals surface area (Å²) >= 11 is 0. The van der Waals surface area contributed by atoms with Gasteiger partial charge in [-0.25, -0.2) is 4.39 Å². The second-order valence-electron chi connectivity index (χ2n) is 4.34. The van der Waals surface area contributed by atoms with Crippen molar-refractivity contribution in [2.45, 2.75) is 20.4 Å². The lowest BCUT2D eigenvalue weighted by atomic mass is 10.2. The molecule has 0 atom stereocenters. The number of hydrogen-bond donors (Lipinski definition) is 1. The van der Waals surface area contributed by atoms with Crippen molar-refractivity contribution in [3.05, 3.63) is 41.5 Å². The molecular formula is C14H18FN3O. The lowest BCUT2D eigenvalue weighted by molar-refractivity contribution is 0.340. The van der Waals surface area contributed by atoms with Crippen LogP contribution in [0.1, 0.15) is 18.2 Å². The van der Waals surface area contributed by atoms with Crippen LogP contribution in [0.2, 0.25) is 0 Å². The third-order valence-electron chi connectivity index (χ3n) is 2.83. The van der Waals surface area contributed by atoms with Gasteiger partial charge < -0.3 is 10.1 Å². The fourth-order valence-electron chi connectivity index (χ4n) is 1.93. The Morgan fingerprint density at radius 3 is 2.84 bits per heavy atom. The molecule has 5 heteroatoms. The molecule has 0 saturated heterocycles. The first-order valence-corrected chi connectivity index (χ1v) is 6.25. The molecule has 0 spiro atoms. The quantitative estimate of drug-likeness (QED) is 0.901. The van der Waals surface area contributed by atoms with E-state index in [9.17, 15) is 4.39 Å². The largest absolute Gasteiger partial charge is 0.492 e. The third-order valence-corrected chi connectivity index (χ3v) is 2.83. The summed E-state index contributed by atoms with van der Waals surface area (Å²) in [6, 6.07) is 4.49. The zero-order valence-electron chi connectivity index (χ0n) is 11.4. The molecule has 2 rings (SSSR count). The van der Waals surface area contributed by atoms with Crippen LogP contribution >= 0.6 is 0 Å². The first-order chi connectivity index (χ1) is 9.10. The topological polar surface area (TPSA) is 39.1 Å². The Kier molecular flexibility index (Phi) is 4.04. The van der Waals surface area contributed by atoms with Crippen molar-refractivity contribution in [1.82, 2.24) is 9.78 Å². The Morgan fingerprint density at radius 2 is 2.21 bits per heavy atom. The molecule has 0 amide bonds. The molecule has 0 aliphatic carbocycles. The minimum atomic E-state index is -0.299. The van der Waals surface area contributed by atoms with Gasteiger partial charge in [-0.2, -0.15) is 5.10 Å². The van der Waals surface area contributed by atoms with Crippen LogP contribution in [0.3, 0.4) is 0 Å². The van der Waals surface area contributed by atoms with Gasteiger partial charge in [-0.05, 0) is 26.0 Å². The molecule has 2 aromatic rings. The summed E-state index contributed by atoms with van der Waals surface area (Å²) in [7, 11) is 1.89. The van der Waals surface area contributed by atoms with E-state index in [0.717, 1.165) is 16.9 Å². The number of hydrogen-bond acceptors (Lipinski definition) is 3. The van der Waals surface area contributed by atoms with Crippen LogP contribution in [0.25, 0.3) is 0 Å². The SMILES string of the molecule is CCOc1cc(F)ccc1NCc1cn(C)nc1C. The van der Waals surface area contributed by atoms with E-state index in [-0.39, 0.29) is 5.82 Å². The van der Waals surface area contributed by atoms with Crippen molar-refractivity contribution in [2.75, 3.05) is 11.9 Å². The first-order valence-electron chi connectivity index (χ1n) is 6.25. The van der Waals surface area contributed by atoms with E-state index in [1.165, 1.54) is 12.1 Å². The van der Waals surface area contributed by atoms with Crippen molar-refractivity contribution >= 4 is 5.69 Å². The maximum Gasteiger partial charge on any atom is 0.145 e. The van der Waals surface area contributed by atoms with Crippen LogP contribution in [0, 0.1) is 12.7 Å².